The first-order valence-corrected chi connectivity index (χ1v) is 6.81. The molecule has 0 atom stereocenters. The molecule has 0 fully saturated rings. The number of carbonyl (C=O) groups excluding carboxylic acids is 1. The van der Waals surface area contributed by atoms with Crippen LogP contribution in [0.5, 0.6) is 0 Å². The van der Waals surface area contributed by atoms with Crippen molar-refractivity contribution >= 4 is 17.3 Å². The van der Waals surface area contributed by atoms with Crippen LogP contribution in [0, 0.1) is 13.8 Å². The lowest BCUT2D eigenvalue weighted by Gasteiger charge is -2.09. The molecule has 2 rings (SSSR count). The van der Waals surface area contributed by atoms with Crippen molar-refractivity contribution < 1.29 is 4.79 Å². The van der Waals surface area contributed by atoms with Gasteiger partial charge in [0.25, 0.3) is 0 Å². The van der Waals surface area contributed by atoms with Gasteiger partial charge in [-0.1, -0.05) is 30.3 Å². The molecule has 0 aliphatic carbocycles. The van der Waals surface area contributed by atoms with Gasteiger partial charge in [0.05, 0.1) is 0 Å². The van der Waals surface area contributed by atoms with Crippen LogP contribution < -0.4 is 10.6 Å². The Balaban J connectivity index is 1.80. The summed E-state index contributed by atoms with van der Waals surface area (Å²) in [5, 5.41) is 6.18. The first-order chi connectivity index (χ1) is 9.65. The van der Waals surface area contributed by atoms with Crippen molar-refractivity contribution in [2.75, 3.05) is 17.2 Å². The summed E-state index contributed by atoms with van der Waals surface area (Å²) in [4.78, 5) is 11.9. The van der Waals surface area contributed by atoms with Gasteiger partial charge >= 0.3 is 0 Å². The van der Waals surface area contributed by atoms with Crippen molar-refractivity contribution in [2.24, 2.45) is 0 Å². The Morgan fingerprint density at radius 1 is 1.05 bits per heavy atom. The Labute approximate surface area is 120 Å². The molecule has 0 aromatic heterocycles. The lowest BCUT2D eigenvalue weighted by Crippen LogP contribution is -2.16. The van der Waals surface area contributed by atoms with Gasteiger partial charge in [0.15, 0.2) is 0 Å². The highest BCUT2D eigenvalue weighted by Crippen LogP contribution is 2.13. The first-order valence-electron chi connectivity index (χ1n) is 6.81. The monoisotopic (exact) mass is 268 g/mol. The zero-order valence-corrected chi connectivity index (χ0v) is 11.9. The molecule has 0 unspecified atom stereocenters. The van der Waals surface area contributed by atoms with Crippen LogP contribution in [-0.4, -0.2) is 12.5 Å². The number of aryl methyl sites for hydroxylation is 2. The Kier molecular flexibility index (Phi) is 4.77. The summed E-state index contributed by atoms with van der Waals surface area (Å²) in [6.07, 6.45) is 0.447. The molecule has 20 heavy (non-hydrogen) atoms. The topological polar surface area (TPSA) is 41.1 Å². The minimum Gasteiger partial charge on any atom is -0.385 e. The third-order valence-electron chi connectivity index (χ3n) is 3.12. The van der Waals surface area contributed by atoms with E-state index in [1.54, 1.807) is 0 Å². The van der Waals surface area contributed by atoms with Crippen LogP contribution in [0.4, 0.5) is 11.4 Å². The third kappa shape index (κ3) is 4.12. The molecule has 3 heteroatoms. The highest BCUT2D eigenvalue weighted by atomic mass is 16.1. The zero-order chi connectivity index (χ0) is 14.4. The standard InChI is InChI=1S/C17H20N2O/c1-13-6-5-8-15(12-13)18-11-10-17(20)19-16-9-4-3-7-14(16)2/h3-9,12,18H,10-11H2,1-2H3,(H,19,20). The minimum absolute atomic E-state index is 0.0273. The molecule has 2 N–H and O–H groups in total. The molecule has 0 aliphatic rings. The van der Waals surface area contributed by atoms with Crippen LogP contribution >= 0.6 is 0 Å². The summed E-state index contributed by atoms with van der Waals surface area (Å²) < 4.78 is 0. The Bertz CT molecular complexity index is 593. The smallest absolute Gasteiger partial charge is 0.226 e. The molecular weight excluding hydrogens is 248 g/mol. The predicted molar refractivity (Wildman–Crippen MR) is 84.1 cm³/mol. The van der Waals surface area contributed by atoms with Gasteiger partial charge in [0.2, 0.25) is 5.91 Å². The van der Waals surface area contributed by atoms with Gasteiger partial charge in [-0.3, -0.25) is 4.79 Å². The van der Waals surface area contributed by atoms with E-state index in [1.165, 1.54) is 5.56 Å². The Morgan fingerprint density at radius 3 is 2.60 bits per heavy atom. The number of nitrogens with one attached hydrogen (secondary N) is 2. The van der Waals surface area contributed by atoms with Gasteiger partial charge in [-0.25, -0.2) is 0 Å². The fraction of sp³-hybridized carbons (Fsp3) is 0.235. The zero-order valence-electron chi connectivity index (χ0n) is 11.9. The summed E-state index contributed by atoms with van der Waals surface area (Å²) in [6, 6.07) is 15.9. The lowest BCUT2D eigenvalue weighted by molar-refractivity contribution is -0.115. The summed E-state index contributed by atoms with van der Waals surface area (Å²) in [7, 11) is 0. The number of amides is 1. The molecule has 2 aromatic rings. The number of benzene rings is 2. The lowest BCUT2D eigenvalue weighted by atomic mass is 10.2. The fourth-order valence-corrected chi connectivity index (χ4v) is 2.00. The number of rotatable bonds is 5. The van der Waals surface area contributed by atoms with Crippen molar-refractivity contribution in [3.8, 4) is 0 Å². The van der Waals surface area contributed by atoms with E-state index < -0.39 is 0 Å². The molecule has 0 bridgehead atoms. The molecule has 104 valence electrons. The van der Waals surface area contributed by atoms with Gasteiger partial charge in [0.1, 0.15) is 0 Å². The van der Waals surface area contributed by atoms with Crippen LogP contribution in [0.3, 0.4) is 0 Å². The van der Waals surface area contributed by atoms with Gasteiger partial charge in [0, 0.05) is 24.3 Å². The summed E-state index contributed by atoms with van der Waals surface area (Å²) in [6.45, 7) is 4.66. The number of hydrogen-bond acceptors (Lipinski definition) is 2. The summed E-state index contributed by atoms with van der Waals surface area (Å²) in [5.41, 5.74) is 4.22. The van der Waals surface area contributed by atoms with Crippen molar-refractivity contribution in [2.45, 2.75) is 20.3 Å². The first kappa shape index (κ1) is 14.1. The van der Waals surface area contributed by atoms with E-state index in [9.17, 15) is 4.79 Å². The second-order valence-electron chi connectivity index (χ2n) is 4.91. The molecule has 0 radical (unpaired) electrons. The van der Waals surface area contributed by atoms with E-state index in [0.717, 1.165) is 16.9 Å². The Hall–Kier alpha value is -2.29. The normalized spacial score (nSPS) is 10.1. The molecule has 3 nitrogen and oxygen atoms in total. The van der Waals surface area contributed by atoms with Gasteiger partial charge in [-0.05, 0) is 43.2 Å². The van der Waals surface area contributed by atoms with Gasteiger partial charge < -0.3 is 10.6 Å². The molecule has 0 aliphatic heterocycles. The molecule has 2 aromatic carbocycles. The molecule has 0 spiro atoms. The van der Waals surface area contributed by atoms with E-state index >= 15 is 0 Å². The number of hydrogen-bond donors (Lipinski definition) is 2. The summed E-state index contributed by atoms with van der Waals surface area (Å²) in [5.74, 6) is 0.0273. The second-order valence-corrected chi connectivity index (χ2v) is 4.91. The molecular formula is C17H20N2O. The highest BCUT2D eigenvalue weighted by Gasteiger charge is 2.03. The van der Waals surface area contributed by atoms with Crippen molar-refractivity contribution in [3.05, 3.63) is 59.7 Å². The quantitative estimate of drug-likeness (QED) is 0.867. The van der Waals surface area contributed by atoms with E-state index in [2.05, 4.69) is 29.7 Å². The van der Waals surface area contributed by atoms with E-state index in [1.807, 2.05) is 43.3 Å². The van der Waals surface area contributed by atoms with E-state index in [-0.39, 0.29) is 5.91 Å². The predicted octanol–water partition coefficient (Wildman–Crippen LogP) is 3.74. The van der Waals surface area contributed by atoms with Crippen LogP contribution in [0.25, 0.3) is 0 Å². The van der Waals surface area contributed by atoms with Gasteiger partial charge in [-0.2, -0.15) is 0 Å². The van der Waals surface area contributed by atoms with Gasteiger partial charge in [-0.15, -0.1) is 0 Å². The molecule has 0 saturated heterocycles. The largest absolute Gasteiger partial charge is 0.385 e. The molecule has 1 amide bonds. The van der Waals surface area contributed by atoms with Crippen molar-refractivity contribution in [1.29, 1.82) is 0 Å². The maximum Gasteiger partial charge on any atom is 0.226 e. The van der Waals surface area contributed by atoms with Crippen LogP contribution in [-0.2, 0) is 4.79 Å². The van der Waals surface area contributed by atoms with Crippen LogP contribution in [0.2, 0.25) is 0 Å². The molecule has 0 saturated carbocycles. The van der Waals surface area contributed by atoms with Crippen LogP contribution in [0.15, 0.2) is 48.5 Å². The van der Waals surface area contributed by atoms with Crippen molar-refractivity contribution in [1.82, 2.24) is 0 Å². The SMILES string of the molecule is Cc1cccc(NCCC(=O)Nc2ccccc2C)c1. The van der Waals surface area contributed by atoms with E-state index in [0.29, 0.717) is 13.0 Å². The maximum absolute atomic E-state index is 11.9. The minimum atomic E-state index is 0.0273. The fourth-order valence-electron chi connectivity index (χ4n) is 2.00. The Morgan fingerprint density at radius 2 is 1.85 bits per heavy atom. The number of anilines is 2. The third-order valence-corrected chi connectivity index (χ3v) is 3.12. The van der Waals surface area contributed by atoms with E-state index in [4.69, 9.17) is 0 Å². The average molecular weight is 268 g/mol. The highest BCUT2D eigenvalue weighted by molar-refractivity contribution is 5.91. The molecule has 0 heterocycles. The number of para-hydroxylation sites is 1. The second kappa shape index (κ2) is 6.75. The summed E-state index contributed by atoms with van der Waals surface area (Å²) >= 11 is 0. The maximum atomic E-state index is 11.9. The van der Waals surface area contributed by atoms with Crippen LogP contribution in [0.1, 0.15) is 17.5 Å². The van der Waals surface area contributed by atoms with Crippen molar-refractivity contribution in [3.63, 3.8) is 0 Å². The average Bonchev–Trinajstić information content (AvgIpc) is 2.41. The number of carbonyl (C=O) groups is 1.